The van der Waals surface area contributed by atoms with Gasteiger partial charge in [-0.1, -0.05) is 77.8 Å². The molecule has 2 saturated carbocycles. The summed E-state index contributed by atoms with van der Waals surface area (Å²) in [5.41, 5.74) is 6.65. The van der Waals surface area contributed by atoms with Gasteiger partial charge in [-0.2, -0.15) is 11.8 Å². The Balaban J connectivity index is 0.00000337. The summed E-state index contributed by atoms with van der Waals surface area (Å²) in [5.74, 6) is 0.680. The van der Waals surface area contributed by atoms with Crippen LogP contribution in [0.1, 0.15) is 77.6 Å². The van der Waals surface area contributed by atoms with Crippen LogP contribution in [0, 0.1) is 5.41 Å². The monoisotopic (exact) mass is 629 g/mol. The second-order valence-corrected chi connectivity index (χ2v) is 14.4. The normalized spacial score (nSPS) is 16.5. The summed E-state index contributed by atoms with van der Waals surface area (Å²) in [6, 6.07) is 21.8. The molecule has 2 aliphatic carbocycles. The third kappa shape index (κ3) is 8.00. The molecule has 3 nitrogen and oxygen atoms in total. The summed E-state index contributed by atoms with van der Waals surface area (Å²) in [4.78, 5) is 16.0. The molecule has 0 amide bonds. The molecule has 1 unspecified atom stereocenters. The van der Waals surface area contributed by atoms with E-state index in [-0.39, 0.29) is 46.6 Å². The number of pyridine rings is 1. The van der Waals surface area contributed by atoms with Crippen molar-refractivity contribution in [2.45, 2.75) is 56.1 Å². The van der Waals surface area contributed by atoms with Gasteiger partial charge >= 0.3 is 29.6 Å². The molecule has 0 aliphatic heterocycles. The van der Waals surface area contributed by atoms with E-state index in [2.05, 4.69) is 59.6 Å². The van der Waals surface area contributed by atoms with Crippen molar-refractivity contribution in [1.82, 2.24) is 4.98 Å². The van der Waals surface area contributed by atoms with Crippen LogP contribution in [0.15, 0.2) is 60.7 Å². The topological polar surface area (TPSA) is 53.0 Å². The SMILES string of the molecule is O=C([O-])CC1(CSC(CCc2ccc(C3CC3)cc2)c2cccc(/C=C/c3ccc4sc(Cl)c(Cl)c4n3)c2)CC1.[Na+]. The van der Waals surface area contributed by atoms with Gasteiger partial charge < -0.3 is 9.90 Å². The Labute approximate surface area is 282 Å². The Bertz CT molecular complexity index is 1560. The number of nitrogens with zero attached hydrogens (tertiary/aromatic N) is 1. The van der Waals surface area contributed by atoms with E-state index in [1.807, 2.05) is 30.0 Å². The maximum absolute atomic E-state index is 11.3. The molecular weight excluding hydrogens is 600 g/mol. The van der Waals surface area contributed by atoms with Crippen LogP contribution in [0.25, 0.3) is 22.4 Å². The number of halogens is 2. The summed E-state index contributed by atoms with van der Waals surface area (Å²) in [5, 5.41) is 12.1. The maximum atomic E-state index is 11.3. The van der Waals surface area contributed by atoms with E-state index in [1.165, 1.54) is 40.9 Å². The van der Waals surface area contributed by atoms with Crippen molar-refractivity contribution in [3.05, 3.63) is 98.0 Å². The van der Waals surface area contributed by atoms with Crippen molar-refractivity contribution in [1.29, 1.82) is 0 Å². The predicted molar refractivity (Wildman–Crippen MR) is 168 cm³/mol. The van der Waals surface area contributed by atoms with Crippen molar-refractivity contribution >= 4 is 74.6 Å². The average Bonchev–Trinajstić information content (AvgIpc) is 3.89. The molecule has 0 saturated heterocycles. The first-order valence-corrected chi connectivity index (χ1v) is 16.4. The van der Waals surface area contributed by atoms with Crippen molar-refractivity contribution < 1.29 is 39.5 Å². The number of hydrogen-bond acceptors (Lipinski definition) is 5. The zero-order valence-electron chi connectivity index (χ0n) is 23.1. The van der Waals surface area contributed by atoms with Gasteiger partial charge in [0.1, 0.15) is 9.85 Å². The first-order chi connectivity index (χ1) is 19.4. The van der Waals surface area contributed by atoms with Crippen molar-refractivity contribution in [3.63, 3.8) is 0 Å². The number of carboxylic acids is 1. The van der Waals surface area contributed by atoms with Crippen LogP contribution in [0.2, 0.25) is 9.36 Å². The molecule has 6 rings (SSSR count). The molecule has 8 heteroatoms. The zero-order chi connectivity index (χ0) is 27.7. The van der Waals surface area contributed by atoms with Crippen LogP contribution in [0.4, 0.5) is 0 Å². The number of thioether (sulfide) groups is 1. The van der Waals surface area contributed by atoms with Gasteiger partial charge in [-0.05, 0) is 102 Å². The Hall–Kier alpha value is -1.31. The van der Waals surface area contributed by atoms with Crippen LogP contribution in [0.5, 0.6) is 0 Å². The number of carboxylic acid groups (broad SMARTS) is 1. The van der Waals surface area contributed by atoms with Crippen LogP contribution in [0.3, 0.4) is 0 Å². The first-order valence-electron chi connectivity index (χ1n) is 13.8. The van der Waals surface area contributed by atoms with Crippen LogP contribution < -0.4 is 34.7 Å². The molecule has 206 valence electrons. The Morgan fingerprint density at radius 3 is 2.59 bits per heavy atom. The number of benzene rings is 2. The van der Waals surface area contributed by atoms with Crippen LogP contribution in [-0.2, 0) is 11.2 Å². The van der Waals surface area contributed by atoms with Gasteiger partial charge in [-0.25, -0.2) is 4.98 Å². The minimum Gasteiger partial charge on any atom is -0.550 e. The molecule has 41 heavy (non-hydrogen) atoms. The largest absolute Gasteiger partial charge is 1.00 e. The van der Waals surface area contributed by atoms with Gasteiger partial charge in [0.25, 0.3) is 0 Å². The van der Waals surface area contributed by atoms with E-state index in [1.54, 1.807) is 0 Å². The number of hydrogen-bond donors (Lipinski definition) is 0. The van der Waals surface area contributed by atoms with Crippen molar-refractivity contribution in [3.8, 4) is 0 Å². The van der Waals surface area contributed by atoms with Gasteiger partial charge in [-0.15, -0.1) is 11.3 Å². The van der Waals surface area contributed by atoms with E-state index in [0.717, 1.165) is 58.8 Å². The number of aryl methyl sites for hydroxylation is 1. The molecular formula is C33H30Cl2NNaO2S2. The van der Waals surface area contributed by atoms with E-state index < -0.39 is 5.97 Å². The second-order valence-electron chi connectivity index (χ2n) is 11.2. The third-order valence-electron chi connectivity index (χ3n) is 7.98. The number of rotatable bonds is 12. The van der Waals surface area contributed by atoms with Crippen molar-refractivity contribution in [2.24, 2.45) is 5.41 Å². The van der Waals surface area contributed by atoms with Crippen LogP contribution in [-0.4, -0.2) is 16.7 Å². The van der Waals surface area contributed by atoms with Gasteiger partial charge in [0.2, 0.25) is 0 Å². The second kappa shape index (κ2) is 13.5. The van der Waals surface area contributed by atoms with E-state index >= 15 is 0 Å². The fourth-order valence-electron chi connectivity index (χ4n) is 5.22. The Morgan fingerprint density at radius 2 is 1.88 bits per heavy atom. The summed E-state index contributed by atoms with van der Waals surface area (Å²) in [7, 11) is 0. The molecule has 0 bridgehead atoms. The third-order valence-corrected chi connectivity index (χ3v) is 11.6. The molecule has 0 N–H and O–H groups in total. The number of aromatic nitrogens is 1. The van der Waals surface area contributed by atoms with E-state index in [4.69, 9.17) is 23.2 Å². The van der Waals surface area contributed by atoms with Crippen LogP contribution >= 0.6 is 46.3 Å². The predicted octanol–water partition coefficient (Wildman–Crippen LogP) is 5.98. The van der Waals surface area contributed by atoms with Gasteiger partial charge in [0.05, 0.1) is 15.4 Å². The van der Waals surface area contributed by atoms with Gasteiger partial charge in [-0.3, -0.25) is 0 Å². The molecule has 2 aromatic carbocycles. The average molecular weight is 631 g/mol. The summed E-state index contributed by atoms with van der Waals surface area (Å²) >= 11 is 15.9. The molecule has 2 aromatic heterocycles. The molecule has 1 atom stereocenters. The molecule has 2 heterocycles. The molecule has 0 radical (unpaired) electrons. The Morgan fingerprint density at radius 1 is 1.10 bits per heavy atom. The summed E-state index contributed by atoms with van der Waals surface area (Å²) < 4.78 is 1.54. The number of carbonyl (C=O) groups excluding carboxylic acids is 1. The Kier molecular flexibility index (Phi) is 10.3. The van der Waals surface area contributed by atoms with Gasteiger partial charge in [0, 0.05) is 11.2 Å². The first kappa shape index (κ1) is 31.1. The fraction of sp³-hybridized carbons (Fsp3) is 0.333. The fourth-order valence-corrected chi connectivity index (χ4v) is 8.21. The number of aliphatic carboxylic acids is 1. The number of carbonyl (C=O) groups is 1. The number of thiophene rings is 1. The van der Waals surface area contributed by atoms with E-state index in [9.17, 15) is 9.90 Å². The number of fused-ring (bicyclic) bond motifs is 1. The van der Waals surface area contributed by atoms with E-state index in [0.29, 0.717) is 9.36 Å². The molecule has 4 aromatic rings. The minimum absolute atomic E-state index is 0. The summed E-state index contributed by atoms with van der Waals surface area (Å²) in [6.45, 7) is 0. The molecule has 2 aliphatic rings. The molecule has 2 fully saturated rings. The van der Waals surface area contributed by atoms with Gasteiger partial charge in [0.15, 0.2) is 0 Å². The van der Waals surface area contributed by atoms with Crippen molar-refractivity contribution in [2.75, 3.05) is 5.75 Å². The standard InChI is InChI=1S/C33H31Cl2NO2S2.Na/c34-30-31-28(40-32(30)35)15-13-26(36-31)12-6-22-2-1-3-25(18-22)27(39-20-33(16-17-33)19-29(37)38)14-7-21-4-8-23(9-5-21)24-10-11-24;/h1-6,8-9,12-13,15,18,24,27H,7,10-11,14,16-17,19-20H2,(H,37,38);/q;+1/p-1/b12-6+;. The minimum atomic E-state index is -0.935. The maximum Gasteiger partial charge on any atom is 1.00 e. The quantitative estimate of drug-likeness (QED) is 0.181. The summed E-state index contributed by atoms with van der Waals surface area (Å²) in [6.07, 6.45) is 10.8. The molecule has 0 spiro atoms. The zero-order valence-corrected chi connectivity index (χ0v) is 28.2. The smallest absolute Gasteiger partial charge is 0.550 e.